The number of benzene rings is 1. The van der Waals surface area contributed by atoms with Gasteiger partial charge < -0.3 is 4.98 Å². The number of carbonyl (C=O) groups excluding carboxylic acids is 2. The predicted molar refractivity (Wildman–Crippen MR) is 109 cm³/mol. The third kappa shape index (κ3) is 4.42. The second-order valence-electron chi connectivity index (χ2n) is 7.53. The Labute approximate surface area is 164 Å². The van der Waals surface area contributed by atoms with Crippen molar-refractivity contribution < 1.29 is 9.59 Å². The van der Waals surface area contributed by atoms with Gasteiger partial charge in [0.25, 0.3) is 0 Å². The van der Waals surface area contributed by atoms with E-state index in [0.29, 0.717) is 5.92 Å². The highest BCUT2D eigenvalue weighted by Gasteiger charge is 2.16. The van der Waals surface area contributed by atoms with Crippen molar-refractivity contribution in [2.24, 2.45) is 5.92 Å². The van der Waals surface area contributed by atoms with E-state index in [2.05, 4.69) is 34.8 Å². The number of fused-ring (bicyclic) bond motifs is 1. The molecule has 0 spiro atoms. The van der Waals surface area contributed by atoms with E-state index in [1.54, 1.807) is 0 Å². The molecule has 2 aromatic heterocycles. The van der Waals surface area contributed by atoms with Crippen LogP contribution in [0.5, 0.6) is 0 Å². The Morgan fingerprint density at radius 2 is 1.79 bits per heavy atom. The number of amides is 2. The lowest BCUT2D eigenvalue weighted by molar-refractivity contribution is -0.128. The van der Waals surface area contributed by atoms with Crippen LogP contribution in [0, 0.1) is 19.8 Å². The first-order chi connectivity index (χ1) is 13.3. The largest absolute Gasteiger partial charge is 0.361 e. The average molecular weight is 381 g/mol. The Bertz CT molecular complexity index is 1000. The normalized spacial score (nSPS) is 11.2. The molecule has 2 amide bonds. The molecule has 7 nitrogen and oxygen atoms in total. The van der Waals surface area contributed by atoms with E-state index in [0.717, 1.165) is 40.0 Å². The number of hydrazine groups is 1. The number of nitrogens with one attached hydrogen (secondary N) is 3. The van der Waals surface area contributed by atoms with E-state index in [-0.39, 0.29) is 24.7 Å². The smallest absolute Gasteiger partial charge is 0.242 e. The number of aryl methyl sites for hydroxylation is 1. The maximum atomic E-state index is 12.3. The van der Waals surface area contributed by atoms with Crippen molar-refractivity contribution in [3.05, 3.63) is 53.0 Å². The SMILES string of the molecule is Cc1nn(CC(C)C)c(C)c1CC(=O)NNC(=O)Cc1c[nH]c2ccccc12. The zero-order valence-corrected chi connectivity index (χ0v) is 16.8. The van der Waals surface area contributed by atoms with Crippen molar-refractivity contribution >= 4 is 22.7 Å². The molecule has 0 saturated carbocycles. The van der Waals surface area contributed by atoms with Crippen molar-refractivity contribution in [2.75, 3.05) is 0 Å². The quantitative estimate of drug-likeness (QED) is 0.573. The summed E-state index contributed by atoms with van der Waals surface area (Å²) in [6.45, 7) is 8.95. The van der Waals surface area contributed by atoms with Crippen LogP contribution in [-0.4, -0.2) is 26.6 Å². The molecule has 0 aliphatic heterocycles. The van der Waals surface area contributed by atoms with Crippen molar-refractivity contribution in [1.29, 1.82) is 0 Å². The standard InChI is InChI=1S/C21H27N5O2/c1-13(2)12-26-15(4)18(14(3)25-26)10-21(28)24-23-20(27)9-16-11-22-19-8-6-5-7-17(16)19/h5-8,11,13,22H,9-10,12H2,1-4H3,(H,23,27)(H,24,28). The molecule has 0 unspecified atom stereocenters. The zero-order chi connectivity index (χ0) is 20.3. The minimum atomic E-state index is -0.262. The van der Waals surface area contributed by atoms with Gasteiger partial charge in [0.1, 0.15) is 0 Å². The molecular formula is C21H27N5O2. The Balaban J connectivity index is 1.56. The maximum absolute atomic E-state index is 12.3. The molecule has 7 heteroatoms. The van der Waals surface area contributed by atoms with E-state index in [4.69, 9.17) is 0 Å². The van der Waals surface area contributed by atoms with Crippen LogP contribution < -0.4 is 10.9 Å². The molecule has 3 N–H and O–H groups in total. The lowest BCUT2D eigenvalue weighted by atomic mass is 10.1. The number of nitrogens with zero attached hydrogens (tertiary/aromatic N) is 2. The molecule has 0 radical (unpaired) electrons. The molecule has 0 atom stereocenters. The highest BCUT2D eigenvalue weighted by molar-refractivity contribution is 5.90. The second-order valence-corrected chi connectivity index (χ2v) is 7.53. The number of rotatable bonds is 6. The lowest BCUT2D eigenvalue weighted by Crippen LogP contribution is -2.43. The van der Waals surface area contributed by atoms with E-state index in [9.17, 15) is 9.59 Å². The monoisotopic (exact) mass is 381 g/mol. The van der Waals surface area contributed by atoms with Crippen LogP contribution in [0.1, 0.15) is 36.4 Å². The molecule has 1 aromatic carbocycles. The van der Waals surface area contributed by atoms with Crippen LogP contribution in [0.25, 0.3) is 10.9 Å². The van der Waals surface area contributed by atoms with Gasteiger partial charge in [-0.1, -0.05) is 32.0 Å². The summed E-state index contributed by atoms with van der Waals surface area (Å²) in [5.74, 6) is -0.0481. The van der Waals surface area contributed by atoms with Gasteiger partial charge in [0.2, 0.25) is 11.8 Å². The third-order valence-corrected chi connectivity index (χ3v) is 4.77. The van der Waals surface area contributed by atoms with E-state index >= 15 is 0 Å². The van der Waals surface area contributed by atoms with E-state index in [1.807, 2.05) is 49.0 Å². The first-order valence-corrected chi connectivity index (χ1v) is 9.50. The van der Waals surface area contributed by atoms with Crippen LogP contribution in [0.15, 0.2) is 30.5 Å². The fourth-order valence-electron chi connectivity index (χ4n) is 3.35. The average Bonchev–Trinajstić information content (AvgIpc) is 3.16. The fourth-order valence-corrected chi connectivity index (χ4v) is 3.35. The van der Waals surface area contributed by atoms with E-state index in [1.165, 1.54) is 0 Å². The molecule has 0 bridgehead atoms. The van der Waals surface area contributed by atoms with Crippen molar-refractivity contribution in [1.82, 2.24) is 25.6 Å². The summed E-state index contributed by atoms with van der Waals surface area (Å²) in [5.41, 5.74) is 9.64. The van der Waals surface area contributed by atoms with Crippen LogP contribution in [-0.2, 0) is 29.0 Å². The van der Waals surface area contributed by atoms with Gasteiger partial charge in [-0.2, -0.15) is 5.10 Å². The van der Waals surface area contributed by atoms with Gasteiger partial charge in [-0.25, -0.2) is 0 Å². The minimum Gasteiger partial charge on any atom is -0.361 e. The lowest BCUT2D eigenvalue weighted by Gasteiger charge is -2.09. The molecule has 28 heavy (non-hydrogen) atoms. The van der Waals surface area contributed by atoms with E-state index < -0.39 is 0 Å². The summed E-state index contributed by atoms with van der Waals surface area (Å²) in [5, 5.41) is 5.53. The van der Waals surface area contributed by atoms with Crippen molar-refractivity contribution in [3.63, 3.8) is 0 Å². The van der Waals surface area contributed by atoms with Crippen LogP contribution in [0.3, 0.4) is 0 Å². The molecule has 0 aliphatic rings. The number of carbonyl (C=O) groups is 2. The minimum absolute atomic E-state index is 0.184. The zero-order valence-electron chi connectivity index (χ0n) is 16.8. The predicted octanol–water partition coefficient (Wildman–Crippen LogP) is 2.57. The first-order valence-electron chi connectivity index (χ1n) is 9.50. The Morgan fingerprint density at radius 1 is 1.11 bits per heavy atom. The summed E-state index contributed by atoms with van der Waals surface area (Å²) in [7, 11) is 0. The Morgan fingerprint density at radius 3 is 2.50 bits per heavy atom. The topological polar surface area (TPSA) is 91.8 Å². The number of para-hydroxylation sites is 1. The highest BCUT2D eigenvalue weighted by atomic mass is 16.2. The number of aromatic nitrogens is 3. The Hall–Kier alpha value is -3.09. The summed E-state index contributed by atoms with van der Waals surface area (Å²) in [6, 6.07) is 7.80. The Kier molecular flexibility index (Phi) is 5.82. The second kappa shape index (κ2) is 8.29. The van der Waals surface area contributed by atoms with Gasteiger partial charge in [-0.3, -0.25) is 25.1 Å². The number of H-pyrrole nitrogens is 1. The molecule has 2 heterocycles. The summed E-state index contributed by atoms with van der Waals surface area (Å²) < 4.78 is 1.94. The fraction of sp³-hybridized carbons (Fsp3) is 0.381. The summed E-state index contributed by atoms with van der Waals surface area (Å²) >= 11 is 0. The molecule has 0 saturated heterocycles. The van der Waals surface area contributed by atoms with Crippen molar-refractivity contribution in [3.8, 4) is 0 Å². The number of hydrogen-bond acceptors (Lipinski definition) is 3. The molecule has 3 aromatic rings. The molecular weight excluding hydrogens is 354 g/mol. The van der Waals surface area contributed by atoms with Gasteiger partial charge in [0.05, 0.1) is 18.5 Å². The molecule has 0 aliphatic carbocycles. The third-order valence-electron chi connectivity index (χ3n) is 4.77. The van der Waals surface area contributed by atoms with Gasteiger partial charge in [-0.05, 0) is 31.4 Å². The van der Waals surface area contributed by atoms with Gasteiger partial charge in [0.15, 0.2) is 0 Å². The summed E-state index contributed by atoms with van der Waals surface area (Å²) in [4.78, 5) is 27.7. The number of hydrogen-bond donors (Lipinski definition) is 3. The molecule has 3 rings (SSSR count). The number of aromatic amines is 1. The van der Waals surface area contributed by atoms with Gasteiger partial charge >= 0.3 is 0 Å². The van der Waals surface area contributed by atoms with Gasteiger partial charge in [-0.15, -0.1) is 0 Å². The van der Waals surface area contributed by atoms with Crippen LogP contribution in [0.2, 0.25) is 0 Å². The van der Waals surface area contributed by atoms with Crippen LogP contribution >= 0.6 is 0 Å². The highest BCUT2D eigenvalue weighted by Crippen LogP contribution is 2.18. The van der Waals surface area contributed by atoms with Crippen LogP contribution in [0.4, 0.5) is 0 Å². The first kappa shape index (κ1) is 19.7. The van der Waals surface area contributed by atoms with Crippen molar-refractivity contribution in [2.45, 2.75) is 47.1 Å². The molecule has 148 valence electrons. The maximum Gasteiger partial charge on any atom is 0.242 e. The summed E-state index contributed by atoms with van der Waals surface area (Å²) in [6.07, 6.45) is 2.19. The molecule has 0 fully saturated rings. The van der Waals surface area contributed by atoms with Gasteiger partial charge in [0, 0.05) is 34.9 Å².